The Kier molecular flexibility index (Phi) is 7.02. The van der Waals surface area contributed by atoms with Gasteiger partial charge < -0.3 is 25.5 Å². The third kappa shape index (κ3) is 5.38. The average Bonchev–Trinajstić information content (AvgIpc) is 3.47. The number of carbonyl (C=O) groups is 1. The molecule has 14 heteroatoms. The molecule has 5 aromatic rings. The molecule has 0 saturated carbocycles. The number of anilines is 2. The van der Waals surface area contributed by atoms with Gasteiger partial charge in [0.2, 0.25) is 0 Å². The molecule has 40 heavy (non-hydrogen) atoms. The summed E-state index contributed by atoms with van der Waals surface area (Å²) in [6.45, 7) is 2.57. The van der Waals surface area contributed by atoms with Gasteiger partial charge in [-0.1, -0.05) is 18.2 Å². The van der Waals surface area contributed by atoms with Crippen molar-refractivity contribution >= 4 is 39.9 Å². The van der Waals surface area contributed by atoms with Gasteiger partial charge in [-0.25, -0.2) is 19.4 Å². The molecule has 3 aromatic heterocycles. The average molecular weight is 555 g/mol. The van der Waals surface area contributed by atoms with Crippen LogP contribution in [0.1, 0.15) is 16.7 Å². The number of carboxylic acid groups (broad SMARTS) is 1. The van der Waals surface area contributed by atoms with Gasteiger partial charge in [-0.2, -0.15) is 23.3 Å². The lowest BCUT2D eigenvalue weighted by atomic mass is 9.98. The number of halogens is 3. The van der Waals surface area contributed by atoms with Crippen LogP contribution in [0.2, 0.25) is 0 Å². The van der Waals surface area contributed by atoms with Crippen molar-refractivity contribution in [2.75, 3.05) is 31.3 Å². The molecule has 0 saturated heterocycles. The van der Waals surface area contributed by atoms with Gasteiger partial charge in [-0.3, -0.25) is 0 Å². The number of fused-ring (bicyclic) bond motifs is 3. The van der Waals surface area contributed by atoms with E-state index in [9.17, 15) is 13.2 Å². The van der Waals surface area contributed by atoms with E-state index in [1.807, 2.05) is 41.9 Å². The van der Waals surface area contributed by atoms with Gasteiger partial charge in [-0.15, -0.1) is 0 Å². The smallest absolute Gasteiger partial charge is 0.475 e. The summed E-state index contributed by atoms with van der Waals surface area (Å²) in [5, 5.41) is 16.5. The summed E-state index contributed by atoms with van der Waals surface area (Å²) in [6.07, 6.45) is -2.44. The van der Waals surface area contributed by atoms with Crippen LogP contribution < -0.4 is 16.0 Å². The first-order valence-corrected chi connectivity index (χ1v) is 12.2. The summed E-state index contributed by atoms with van der Waals surface area (Å²) >= 11 is 0. The standard InChI is InChI=1S/C24H24N8O.C2HF3O2/c1-31(2)22-20-21(16-5-6-19-18(10-16)29-24(25)33-19)30-32(23(20)28-13-27-22)12-14-3-4-17-11-26-8-7-15(17)9-14;3-2(4,5)1(6)7/h3-6,9-10,13,26H,7-8,11-12H2,1-2H3,(H2,25,29);(H,6,7). The molecule has 0 unspecified atom stereocenters. The Morgan fingerprint density at radius 1 is 1.18 bits per heavy atom. The van der Waals surface area contributed by atoms with Gasteiger partial charge >= 0.3 is 12.1 Å². The largest absolute Gasteiger partial charge is 0.490 e. The van der Waals surface area contributed by atoms with Crippen LogP contribution in [0.5, 0.6) is 0 Å². The molecular weight excluding hydrogens is 529 g/mol. The fourth-order valence-electron chi connectivity index (χ4n) is 4.54. The van der Waals surface area contributed by atoms with Crippen LogP contribution >= 0.6 is 0 Å². The highest BCUT2D eigenvalue weighted by Crippen LogP contribution is 2.34. The number of oxazole rings is 1. The number of hydrogen-bond donors (Lipinski definition) is 3. The fourth-order valence-corrected chi connectivity index (χ4v) is 4.54. The zero-order valence-corrected chi connectivity index (χ0v) is 21.5. The highest BCUT2D eigenvalue weighted by molar-refractivity contribution is 6.00. The quantitative estimate of drug-likeness (QED) is 0.301. The molecule has 2 aromatic carbocycles. The Bertz CT molecular complexity index is 1710. The number of aliphatic carboxylic acids is 1. The molecule has 4 heterocycles. The van der Waals surface area contributed by atoms with Gasteiger partial charge in [0.05, 0.1) is 11.9 Å². The van der Waals surface area contributed by atoms with Crippen molar-refractivity contribution < 1.29 is 27.5 Å². The minimum atomic E-state index is -5.08. The predicted molar refractivity (Wildman–Crippen MR) is 142 cm³/mol. The Morgan fingerprint density at radius 3 is 2.67 bits per heavy atom. The van der Waals surface area contributed by atoms with Crippen molar-refractivity contribution in [3.63, 3.8) is 0 Å². The normalized spacial score (nSPS) is 13.1. The zero-order valence-electron chi connectivity index (χ0n) is 21.5. The van der Waals surface area contributed by atoms with Gasteiger partial charge in [0.25, 0.3) is 6.01 Å². The Morgan fingerprint density at radius 2 is 1.95 bits per heavy atom. The minimum Gasteiger partial charge on any atom is -0.475 e. The molecule has 0 aliphatic carbocycles. The van der Waals surface area contributed by atoms with E-state index in [0.29, 0.717) is 17.6 Å². The second-order valence-corrected chi connectivity index (χ2v) is 9.36. The zero-order chi connectivity index (χ0) is 28.6. The number of nitrogens with zero attached hydrogens (tertiary/aromatic N) is 6. The SMILES string of the molecule is CN(C)c1ncnc2c1c(-c1ccc3oc(N)nc3c1)nn2Cc1ccc2c(c1)CCNC2.O=C(O)C(F)(F)F. The molecular formula is C26H25F3N8O3. The van der Waals surface area contributed by atoms with Crippen LogP contribution in [0.4, 0.5) is 25.0 Å². The maximum Gasteiger partial charge on any atom is 0.490 e. The molecule has 0 spiro atoms. The van der Waals surface area contributed by atoms with Crippen molar-refractivity contribution in [1.82, 2.24) is 30.0 Å². The van der Waals surface area contributed by atoms with E-state index >= 15 is 0 Å². The van der Waals surface area contributed by atoms with Crippen molar-refractivity contribution in [2.45, 2.75) is 25.7 Å². The van der Waals surface area contributed by atoms with Crippen LogP contribution in [0.15, 0.2) is 47.1 Å². The number of rotatable bonds is 4. The summed E-state index contributed by atoms with van der Waals surface area (Å²) in [7, 11) is 3.95. The van der Waals surface area contributed by atoms with E-state index in [-0.39, 0.29) is 6.01 Å². The van der Waals surface area contributed by atoms with Gasteiger partial charge in [0.15, 0.2) is 11.2 Å². The van der Waals surface area contributed by atoms with Crippen LogP contribution in [-0.2, 0) is 24.3 Å². The molecule has 1 aliphatic heterocycles. The lowest BCUT2D eigenvalue weighted by Gasteiger charge is -2.18. The number of alkyl halides is 3. The number of nitrogen functional groups attached to an aromatic ring is 1. The van der Waals surface area contributed by atoms with Crippen LogP contribution in [0.25, 0.3) is 33.4 Å². The molecule has 0 atom stereocenters. The number of nitrogens with two attached hydrogens (primary N) is 1. The molecule has 6 rings (SSSR count). The van der Waals surface area contributed by atoms with E-state index in [0.717, 1.165) is 47.6 Å². The molecule has 208 valence electrons. The third-order valence-corrected chi connectivity index (χ3v) is 6.34. The van der Waals surface area contributed by atoms with Gasteiger partial charge in [-0.05, 0) is 47.9 Å². The number of aromatic nitrogens is 5. The van der Waals surface area contributed by atoms with E-state index < -0.39 is 12.1 Å². The van der Waals surface area contributed by atoms with E-state index in [4.69, 9.17) is 25.2 Å². The van der Waals surface area contributed by atoms with Crippen LogP contribution in [0.3, 0.4) is 0 Å². The van der Waals surface area contributed by atoms with Gasteiger partial charge in [0.1, 0.15) is 23.4 Å². The molecule has 0 radical (unpaired) electrons. The molecule has 1 aliphatic rings. The third-order valence-electron chi connectivity index (χ3n) is 6.34. The Balaban J connectivity index is 0.000000411. The number of benzene rings is 2. The Hall–Kier alpha value is -4.72. The number of hydrogen-bond acceptors (Lipinski definition) is 9. The topological polar surface area (TPSA) is 148 Å². The van der Waals surface area contributed by atoms with Crippen molar-refractivity contribution in [3.8, 4) is 11.3 Å². The van der Waals surface area contributed by atoms with Crippen LogP contribution in [-0.4, -0.2) is 62.6 Å². The summed E-state index contributed by atoms with van der Waals surface area (Å²) in [4.78, 5) is 24.3. The van der Waals surface area contributed by atoms with Gasteiger partial charge in [0, 0.05) is 26.2 Å². The summed E-state index contributed by atoms with van der Waals surface area (Å²) in [5.41, 5.74) is 13.6. The fraction of sp³-hybridized carbons (Fsp3) is 0.269. The summed E-state index contributed by atoms with van der Waals surface area (Å²) < 4.78 is 39.1. The molecule has 11 nitrogen and oxygen atoms in total. The minimum absolute atomic E-state index is 0.150. The van der Waals surface area contributed by atoms with Crippen molar-refractivity contribution in [3.05, 3.63) is 59.4 Å². The predicted octanol–water partition coefficient (Wildman–Crippen LogP) is 3.61. The second-order valence-electron chi connectivity index (χ2n) is 9.36. The first-order valence-electron chi connectivity index (χ1n) is 12.2. The maximum absolute atomic E-state index is 10.6. The van der Waals surface area contributed by atoms with Crippen molar-refractivity contribution in [2.24, 2.45) is 0 Å². The second kappa shape index (κ2) is 10.4. The lowest BCUT2D eigenvalue weighted by Crippen LogP contribution is -2.23. The van der Waals surface area contributed by atoms with E-state index in [1.165, 1.54) is 16.7 Å². The first kappa shape index (κ1) is 26.9. The number of carboxylic acids is 1. The van der Waals surface area contributed by atoms with E-state index in [2.05, 4.69) is 38.5 Å². The molecule has 4 N–H and O–H groups in total. The summed E-state index contributed by atoms with van der Waals surface area (Å²) in [5.74, 6) is -1.94. The lowest BCUT2D eigenvalue weighted by molar-refractivity contribution is -0.192. The molecule has 0 fully saturated rings. The highest BCUT2D eigenvalue weighted by Gasteiger charge is 2.38. The van der Waals surface area contributed by atoms with E-state index in [1.54, 1.807) is 6.33 Å². The van der Waals surface area contributed by atoms with Crippen molar-refractivity contribution in [1.29, 1.82) is 0 Å². The highest BCUT2D eigenvalue weighted by atomic mass is 19.4. The molecule has 0 amide bonds. The Labute approximate surface area is 225 Å². The molecule has 0 bridgehead atoms. The monoisotopic (exact) mass is 554 g/mol. The first-order chi connectivity index (χ1) is 19.0. The maximum atomic E-state index is 10.6. The number of nitrogens with one attached hydrogen (secondary N) is 1. The van der Waals surface area contributed by atoms with Crippen LogP contribution in [0, 0.1) is 0 Å². The summed E-state index contributed by atoms with van der Waals surface area (Å²) in [6, 6.07) is 12.6.